The largest absolute Gasteiger partial charge is 0.497 e. The van der Waals surface area contributed by atoms with E-state index in [0.717, 1.165) is 5.69 Å². The van der Waals surface area contributed by atoms with E-state index >= 15 is 0 Å². The molecule has 0 atom stereocenters. The summed E-state index contributed by atoms with van der Waals surface area (Å²) >= 11 is 0. The fraction of sp³-hybridized carbons (Fsp3) is 0.278. The van der Waals surface area contributed by atoms with E-state index in [1.807, 2.05) is 13.8 Å². The van der Waals surface area contributed by atoms with Crippen molar-refractivity contribution in [1.82, 2.24) is 10.1 Å². The molecule has 3 rings (SSSR count). The van der Waals surface area contributed by atoms with E-state index in [0.29, 0.717) is 39.5 Å². The van der Waals surface area contributed by atoms with Crippen LogP contribution in [-0.4, -0.2) is 23.2 Å². The molecular formula is C18H20N4O3. The molecule has 0 saturated carbocycles. The molecule has 1 amide bonds. The van der Waals surface area contributed by atoms with Gasteiger partial charge in [0.25, 0.3) is 11.6 Å². The fourth-order valence-corrected chi connectivity index (χ4v) is 2.55. The van der Waals surface area contributed by atoms with Crippen molar-refractivity contribution in [2.75, 3.05) is 18.2 Å². The fourth-order valence-electron chi connectivity index (χ4n) is 2.55. The first-order valence-electron chi connectivity index (χ1n) is 7.92. The number of pyridine rings is 1. The zero-order valence-electron chi connectivity index (χ0n) is 14.6. The van der Waals surface area contributed by atoms with Gasteiger partial charge in [0.2, 0.25) is 0 Å². The number of anilines is 2. The highest BCUT2D eigenvalue weighted by Gasteiger charge is 2.20. The first-order chi connectivity index (χ1) is 11.9. The van der Waals surface area contributed by atoms with Crippen LogP contribution in [0.4, 0.5) is 11.4 Å². The van der Waals surface area contributed by atoms with Gasteiger partial charge in [-0.1, -0.05) is 19.0 Å². The van der Waals surface area contributed by atoms with E-state index in [9.17, 15) is 4.79 Å². The third kappa shape index (κ3) is 3.13. The van der Waals surface area contributed by atoms with Crippen molar-refractivity contribution in [2.45, 2.75) is 26.7 Å². The van der Waals surface area contributed by atoms with Crippen molar-refractivity contribution in [2.24, 2.45) is 0 Å². The number of fused-ring (bicyclic) bond motifs is 1. The summed E-state index contributed by atoms with van der Waals surface area (Å²) in [4.78, 5) is 17.3. The van der Waals surface area contributed by atoms with E-state index in [1.54, 1.807) is 38.3 Å². The maximum absolute atomic E-state index is 12.9. The summed E-state index contributed by atoms with van der Waals surface area (Å²) in [6.45, 7) is 5.78. The lowest BCUT2D eigenvalue weighted by Crippen LogP contribution is -2.15. The normalized spacial score (nSPS) is 11.1. The quantitative estimate of drug-likeness (QED) is 0.705. The molecule has 25 heavy (non-hydrogen) atoms. The minimum absolute atomic E-state index is 0.142. The van der Waals surface area contributed by atoms with Gasteiger partial charge >= 0.3 is 0 Å². The molecule has 2 heterocycles. The number of hydrogen-bond acceptors (Lipinski definition) is 6. The third-order valence-corrected chi connectivity index (χ3v) is 3.98. The smallest absolute Gasteiger partial charge is 0.259 e. The number of rotatable bonds is 4. The molecule has 0 saturated heterocycles. The summed E-state index contributed by atoms with van der Waals surface area (Å²) in [7, 11) is 1.55. The molecule has 0 fully saturated rings. The van der Waals surface area contributed by atoms with Crippen molar-refractivity contribution in [1.29, 1.82) is 0 Å². The highest BCUT2D eigenvalue weighted by Crippen LogP contribution is 2.28. The van der Waals surface area contributed by atoms with E-state index in [4.69, 9.17) is 15.0 Å². The molecule has 0 spiro atoms. The molecule has 3 N–H and O–H groups in total. The third-order valence-electron chi connectivity index (χ3n) is 3.98. The lowest BCUT2D eigenvalue weighted by Gasteiger charge is -2.12. The lowest BCUT2D eigenvalue weighted by atomic mass is 10.0. The van der Waals surface area contributed by atoms with Crippen LogP contribution in [-0.2, 0) is 0 Å². The van der Waals surface area contributed by atoms with Crippen LogP contribution in [0.1, 0.15) is 41.5 Å². The molecule has 0 bridgehead atoms. The van der Waals surface area contributed by atoms with Crippen molar-refractivity contribution >= 4 is 28.4 Å². The van der Waals surface area contributed by atoms with Crippen LogP contribution in [0, 0.1) is 6.92 Å². The predicted molar refractivity (Wildman–Crippen MR) is 96.0 cm³/mol. The van der Waals surface area contributed by atoms with Gasteiger partial charge in [-0.05, 0) is 31.0 Å². The van der Waals surface area contributed by atoms with Gasteiger partial charge in [-0.15, -0.1) is 0 Å². The molecule has 3 aromatic rings. The average Bonchev–Trinajstić information content (AvgIpc) is 2.97. The Hall–Kier alpha value is -3.09. The molecule has 0 radical (unpaired) electrons. The van der Waals surface area contributed by atoms with E-state index in [2.05, 4.69) is 15.5 Å². The Balaban J connectivity index is 2.06. The van der Waals surface area contributed by atoms with Gasteiger partial charge in [0.05, 0.1) is 35.1 Å². The zero-order chi connectivity index (χ0) is 18.1. The van der Waals surface area contributed by atoms with Gasteiger partial charge in [-0.2, -0.15) is 0 Å². The summed E-state index contributed by atoms with van der Waals surface area (Å²) < 4.78 is 10.4. The van der Waals surface area contributed by atoms with Crippen LogP contribution >= 0.6 is 0 Å². The molecule has 0 aliphatic carbocycles. The minimum atomic E-state index is -0.305. The predicted octanol–water partition coefficient (Wildman–Crippen LogP) is 3.50. The topological polar surface area (TPSA) is 103 Å². The summed E-state index contributed by atoms with van der Waals surface area (Å²) in [5.74, 6) is 0.442. The Morgan fingerprint density at radius 3 is 2.76 bits per heavy atom. The second kappa shape index (κ2) is 6.43. The standard InChI is InChI=1S/C18H20N4O3/c1-9(2)14-8-12(16-10(3)22-25-18(16)21-14)17(23)20-15-7-11(24-4)5-6-13(15)19/h5-9H,19H2,1-4H3,(H,20,23). The second-order valence-electron chi connectivity index (χ2n) is 6.10. The lowest BCUT2D eigenvalue weighted by molar-refractivity contribution is 0.102. The molecular weight excluding hydrogens is 320 g/mol. The van der Waals surface area contributed by atoms with Gasteiger partial charge in [0.1, 0.15) is 5.75 Å². The summed E-state index contributed by atoms with van der Waals surface area (Å²) in [5, 5.41) is 7.36. The number of nitrogen functional groups attached to an aromatic ring is 1. The Kier molecular flexibility index (Phi) is 4.31. The SMILES string of the molecule is COc1ccc(N)c(NC(=O)c2cc(C(C)C)nc3onc(C)c23)c1. The van der Waals surface area contributed by atoms with Gasteiger partial charge in [-0.3, -0.25) is 4.79 Å². The monoisotopic (exact) mass is 340 g/mol. The van der Waals surface area contributed by atoms with Crippen molar-refractivity contribution in [3.05, 3.63) is 41.2 Å². The van der Waals surface area contributed by atoms with Gasteiger partial charge in [0.15, 0.2) is 0 Å². The Morgan fingerprint density at radius 1 is 1.32 bits per heavy atom. The number of ether oxygens (including phenoxy) is 1. The summed E-state index contributed by atoms with van der Waals surface area (Å²) in [5.41, 5.74) is 9.07. The number of carbonyl (C=O) groups excluding carboxylic acids is 1. The van der Waals surface area contributed by atoms with E-state index in [1.165, 1.54) is 0 Å². The van der Waals surface area contributed by atoms with Crippen LogP contribution in [0.25, 0.3) is 11.1 Å². The van der Waals surface area contributed by atoms with Crippen molar-refractivity contribution in [3.63, 3.8) is 0 Å². The van der Waals surface area contributed by atoms with E-state index in [-0.39, 0.29) is 11.8 Å². The molecule has 1 aromatic carbocycles. The Labute approximate surface area is 145 Å². The Bertz CT molecular complexity index is 947. The summed E-state index contributed by atoms with van der Waals surface area (Å²) in [6, 6.07) is 6.86. The molecule has 0 aliphatic rings. The minimum Gasteiger partial charge on any atom is -0.497 e. The molecule has 2 aromatic heterocycles. The number of aromatic nitrogens is 2. The van der Waals surface area contributed by atoms with E-state index < -0.39 is 0 Å². The molecule has 0 aliphatic heterocycles. The maximum Gasteiger partial charge on any atom is 0.259 e. The maximum atomic E-state index is 12.9. The van der Waals surface area contributed by atoms with Gasteiger partial charge in [0, 0.05) is 11.8 Å². The number of nitrogens with zero attached hydrogens (tertiary/aromatic N) is 2. The molecule has 7 nitrogen and oxygen atoms in total. The highest BCUT2D eigenvalue weighted by atomic mass is 16.5. The second-order valence-corrected chi connectivity index (χ2v) is 6.10. The highest BCUT2D eigenvalue weighted by molar-refractivity contribution is 6.13. The molecule has 0 unspecified atom stereocenters. The first-order valence-corrected chi connectivity index (χ1v) is 7.92. The average molecular weight is 340 g/mol. The van der Waals surface area contributed by atoms with Crippen LogP contribution in [0.5, 0.6) is 5.75 Å². The van der Waals surface area contributed by atoms with Crippen molar-refractivity contribution in [3.8, 4) is 5.75 Å². The number of hydrogen-bond donors (Lipinski definition) is 2. The molecule has 130 valence electrons. The van der Waals surface area contributed by atoms with Crippen molar-refractivity contribution < 1.29 is 14.1 Å². The number of nitrogens with one attached hydrogen (secondary N) is 1. The van der Waals surface area contributed by atoms with Gasteiger partial charge in [-0.25, -0.2) is 4.98 Å². The number of nitrogens with two attached hydrogens (primary N) is 1. The Morgan fingerprint density at radius 2 is 2.08 bits per heavy atom. The zero-order valence-corrected chi connectivity index (χ0v) is 14.6. The number of benzene rings is 1. The first kappa shape index (κ1) is 16.8. The van der Waals surface area contributed by atoms with Crippen LogP contribution in [0.2, 0.25) is 0 Å². The summed E-state index contributed by atoms with van der Waals surface area (Å²) in [6.07, 6.45) is 0. The number of methoxy groups -OCH3 is 1. The van der Waals surface area contributed by atoms with Crippen LogP contribution in [0.15, 0.2) is 28.8 Å². The number of amides is 1. The number of carbonyl (C=O) groups is 1. The van der Waals surface area contributed by atoms with Crippen LogP contribution in [0.3, 0.4) is 0 Å². The molecule has 7 heteroatoms. The van der Waals surface area contributed by atoms with Gasteiger partial charge < -0.3 is 20.3 Å². The number of aryl methyl sites for hydroxylation is 1. The van der Waals surface area contributed by atoms with Crippen LogP contribution < -0.4 is 15.8 Å².